The van der Waals surface area contributed by atoms with Crippen LogP contribution in [0.15, 0.2) is 37.4 Å². The number of nitrogens with zero attached hydrogens (tertiary/aromatic N) is 7. The molecule has 0 atom stereocenters. The summed E-state index contributed by atoms with van der Waals surface area (Å²) in [5.74, 6) is 0.0454. The third-order valence-corrected chi connectivity index (χ3v) is 6.00. The smallest absolute Gasteiger partial charge is 0.267 e. The second-order valence-corrected chi connectivity index (χ2v) is 8.14. The van der Waals surface area contributed by atoms with Crippen molar-refractivity contribution in [3.8, 4) is 0 Å². The second kappa shape index (κ2) is 10.4. The predicted molar refractivity (Wildman–Crippen MR) is 127 cm³/mol. The number of fused-ring (bicyclic) bond motifs is 1. The number of primary amides is 1. The number of likely N-dealkylation sites (N-methyl/N-ethyl adjacent to an activating group) is 1. The van der Waals surface area contributed by atoms with Gasteiger partial charge < -0.3 is 24.8 Å². The number of imidazole rings is 1. The van der Waals surface area contributed by atoms with Gasteiger partial charge in [0.15, 0.2) is 5.65 Å². The number of ether oxygens (including phenoxy) is 1. The lowest BCUT2D eigenvalue weighted by molar-refractivity contribution is -0.137. The Balaban J connectivity index is 1.22. The molecular weight excluding hydrogens is 436 g/mol. The maximum atomic E-state index is 12.6. The highest BCUT2D eigenvalue weighted by molar-refractivity contribution is 5.92. The number of rotatable bonds is 9. The zero-order valence-electron chi connectivity index (χ0n) is 19.1. The van der Waals surface area contributed by atoms with Crippen LogP contribution >= 0.6 is 0 Å². The Morgan fingerprint density at radius 1 is 1.24 bits per heavy atom. The summed E-state index contributed by atoms with van der Waals surface area (Å²) in [5, 5.41) is 0. The zero-order valence-corrected chi connectivity index (χ0v) is 19.1. The highest BCUT2D eigenvalue weighted by Gasteiger charge is 2.26. The third-order valence-electron chi connectivity index (χ3n) is 6.00. The SMILES string of the molecule is C=Cc1cnc(N2CCC(N(C)C(=O)COCCn3cnc4ccc(C(N)=O)nc43)CC2)nc1. The molecule has 0 aromatic carbocycles. The van der Waals surface area contributed by atoms with E-state index < -0.39 is 5.91 Å². The Labute approximate surface area is 197 Å². The monoisotopic (exact) mass is 464 g/mol. The van der Waals surface area contributed by atoms with Crippen molar-refractivity contribution in [2.75, 3.05) is 38.3 Å². The van der Waals surface area contributed by atoms with E-state index in [4.69, 9.17) is 10.5 Å². The van der Waals surface area contributed by atoms with Crippen molar-refractivity contribution in [2.24, 2.45) is 5.73 Å². The summed E-state index contributed by atoms with van der Waals surface area (Å²) in [4.78, 5) is 45.2. The first kappa shape index (κ1) is 23.3. The average Bonchev–Trinajstić information content (AvgIpc) is 3.28. The highest BCUT2D eigenvalue weighted by Crippen LogP contribution is 2.19. The summed E-state index contributed by atoms with van der Waals surface area (Å²) in [5.41, 5.74) is 7.59. The lowest BCUT2D eigenvalue weighted by Crippen LogP contribution is -2.47. The molecule has 4 rings (SSSR count). The van der Waals surface area contributed by atoms with Crippen molar-refractivity contribution in [1.82, 2.24) is 29.4 Å². The van der Waals surface area contributed by atoms with Gasteiger partial charge in [-0.2, -0.15) is 0 Å². The molecule has 1 fully saturated rings. The molecule has 34 heavy (non-hydrogen) atoms. The number of hydrogen-bond acceptors (Lipinski definition) is 8. The van der Waals surface area contributed by atoms with Crippen LogP contribution in [-0.4, -0.2) is 80.6 Å². The molecule has 1 aliphatic heterocycles. The van der Waals surface area contributed by atoms with E-state index in [1.54, 1.807) is 46.4 Å². The number of aromatic nitrogens is 5. The summed E-state index contributed by atoms with van der Waals surface area (Å²) < 4.78 is 7.40. The molecule has 0 aliphatic carbocycles. The third kappa shape index (κ3) is 5.20. The Morgan fingerprint density at radius 3 is 2.65 bits per heavy atom. The normalized spacial score (nSPS) is 14.3. The average molecular weight is 465 g/mol. The van der Waals surface area contributed by atoms with E-state index in [1.165, 1.54) is 0 Å². The first-order chi connectivity index (χ1) is 16.5. The number of amides is 2. The van der Waals surface area contributed by atoms with E-state index in [-0.39, 0.29) is 24.2 Å². The van der Waals surface area contributed by atoms with Gasteiger partial charge in [-0.3, -0.25) is 9.59 Å². The van der Waals surface area contributed by atoms with Gasteiger partial charge in [0.05, 0.1) is 12.9 Å². The molecular formula is C23H28N8O3. The molecule has 0 saturated carbocycles. The minimum absolute atomic E-state index is 0.00453. The van der Waals surface area contributed by atoms with E-state index in [1.807, 2.05) is 7.05 Å². The molecule has 3 aromatic rings. The molecule has 0 spiro atoms. The van der Waals surface area contributed by atoms with Crippen LogP contribution in [0.4, 0.5) is 5.95 Å². The van der Waals surface area contributed by atoms with Gasteiger partial charge in [-0.15, -0.1) is 0 Å². The number of pyridine rings is 1. The predicted octanol–water partition coefficient (Wildman–Crippen LogP) is 1.11. The number of hydrogen-bond donors (Lipinski definition) is 1. The molecule has 2 N–H and O–H groups in total. The van der Waals surface area contributed by atoms with Crippen LogP contribution in [0.3, 0.4) is 0 Å². The van der Waals surface area contributed by atoms with Crippen LogP contribution in [-0.2, 0) is 16.1 Å². The standard InChI is InChI=1S/C23H28N8O3/c1-3-16-12-25-23(26-13-16)30-8-6-17(7-9-30)29(2)20(32)14-34-11-10-31-15-27-19-5-4-18(21(24)33)28-22(19)31/h3-5,12-13,15,17H,1,6-11,14H2,2H3,(H2,24,33). The van der Waals surface area contributed by atoms with Crippen LogP contribution in [0, 0.1) is 0 Å². The lowest BCUT2D eigenvalue weighted by atomic mass is 10.0. The molecule has 3 aromatic heterocycles. The maximum Gasteiger partial charge on any atom is 0.267 e. The molecule has 1 saturated heterocycles. The van der Waals surface area contributed by atoms with Crippen LogP contribution in [0.5, 0.6) is 0 Å². The Kier molecular flexibility index (Phi) is 7.12. The molecule has 11 heteroatoms. The van der Waals surface area contributed by atoms with Gasteiger partial charge in [0.25, 0.3) is 5.91 Å². The molecule has 0 unspecified atom stereocenters. The highest BCUT2D eigenvalue weighted by atomic mass is 16.5. The molecule has 2 amide bonds. The fourth-order valence-electron chi connectivity index (χ4n) is 3.92. The van der Waals surface area contributed by atoms with Gasteiger partial charge in [0.1, 0.15) is 17.8 Å². The van der Waals surface area contributed by atoms with Gasteiger partial charge in [-0.25, -0.2) is 19.9 Å². The summed E-state index contributed by atoms with van der Waals surface area (Å²) in [6, 6.07) is 3.39. The molecule has 4 heterocycles. The largest absolute Gasteiger partial charge is 0.370 e. The molecule has 0 bridgehead atoms. The van der Waals surface area contributed by atoms with Gasteiger partial charge in [-0.05, 0) is 25.0 Å². The molecule has 0 radical (unpaired) electrons. The summed E-state index contributed by atoms with van der Waals surface area (Å²) in [6.07, 6.45) is 8.53. The fraction of sp³-hybridized carbons (Fsp3) is 0.391. The van der Waals surface area contributed by atoms with Crippen molar-refractivity contribution < 1.29 is 14.3 Å². The number of nitrogens with two attached hydrogens (primary N) is 1. The van der Waals surface area contributed by atoms with Crippen LogP contribution in [0.25, 0.3) is 17.2 Å². The van der Waals surface area contributed by atoms with Gasteiger partial charge in [0.2, 0.25) is 11.9 Å². The van der Waals surface area contributed by atoms with Crippen molar-refractivity contribution in [2.45, 2.75) is 25.4 Å². The van der Waals surface area contributed by atoms with Gasteiger partial charge in [0, 0.05) is 50.7 Å². The van der Waals surface area contributed by atoms with Crippen molar-refractivity contribution in [1.29, 1.82) is 0 Å². The fourth-order valence-corrected chi connectivity index (χ4v) is 3.92. The van der Waals surface area contributed by atoms with E-state index in [2.05, 4.69) is 31.4 Å². The minimum atomic E-state index is -0.594. The number of carbonyl (C=O) groups excluding carboxylic acids is 2. The zero-order chi connectivity index (χ0) is 24.1. The van der Waals surface area contributed by atoms with Crippen molar-refractivity contribution in [3.63, 3.8) is 0 Å². The first-order valence-corrected chi connectivity index (χ1v) is 11.1. The van der Waals surface area contributed by atoms with Crippen LogP contribution in [0.2, 0.25) is 0 Å². The van der Waals surface area contributed by atoms with Crippen LogP contribution < -0.4 is 10.6 Å². The first-order valence-electron chi connectivity index (χ1n) is 11.1. The summed E-state index contributed by atoms with van der Waals surface area (Å²) >= 11 is 0. The van der Waals surface area contributed by atoms with Gasteiger partial charge >= 0.3 is 0 Å². The summed E-state index contributed by atoms with van der Waals surface area (Å²) in [6.45, 7) is 6.04. The second-order valence-electron chi connectivity index (χ2n) is 8.14. The quantitative estimate of drug-likeness (QED) is 0.466. The Morgan fingerprint density at radius 2 is 1.97 bits per heavy atom. The number of anilines is 1. The minimum Gasteiger partial charge on any atom is -0.370 e. The maximum absolute atomic E-state index is 12.6. The topological polar surface area (TPSA) is 132 Å². The van der Waals surface area contributed by atoms with Gasteiger partial charge in [-0.1, -0.05) is 12.7 Å². The Bertz CT molecular complexity index is 1170. The van der Waals surface area contributed by atoms with E-state index in [9.17, 15) is 9.59 Å². The number of piperidine rings is 1. The van der Waals surface area contributed by atoms with E-state index in [0.717, 1.165) is 31.5 Å². The summed E-state index contributed by atoms with van der Waals surface area (Å²) in [7, 11) is 1.82. The molecule has 1 aliphatic rings. The van der Waals surface area contributed by atoms with Crippen molar-refractivity contribution >= 4 is 35.0 Å². The Hall–Kier alpha value is -3.86. The molecule has 11 nitrogen and oxygen atoms in total. The molecule has 178 valence electrons. The number of carbonyl (C=O) groups is 2. The van der Waals surface area contributed by atoms with E-state index >= 15 is 0 Å². The van der Waals surface area contributed by atoms with E-state index in [0.29, 0.717) is 30.3 Å². The lowest BCUT2D eigenvalue weighted by Gasteiger charge is -2.36. The van der Waals surface area contributed by atoms with Crippen LogP contribution in [0.1, 0.15) is 28.9 Å². The van der Waals surface area contributed by atoms with Crippen molar-refractivity contribution in [3.05, 3.63) is 48.7 Å².